The monoisotopic (exact) mass is 442 g/mol. The Hall–Kier alpha value is -4.14. The van der Waals surface area contributed by atoms with Crippen LogP contribution in [0.2, 0.25) is 0 Å². The predicted octanol–water partition coefficient (Wildman–Crippen LogP) is 2.23. The Bertz CT molecular complexity index is 1460. The molecule has 168 valence electrons. The molecule has 1 atom stereocenters. The third-order valence-corrected chi connectivity index (χ3v) is 5.31. The summed E-state index contributed by atoms with van der Waals surface area (Å²) in [6.45, 7) is 14.6. The molecular formula is C24H26N8O. The van der Waals surface area contributed by atoms with Gasteiger partial charge in [0.15, 0.2) is 11.5 Å². The Morgan fingerprint density at radius 1 is 1.24 bits per heavy atom. The van der Waals surface area contributed by atoms with Gasteiger partial charge in [-0.2, -0.15) is 14.7 Å². The SMILES string of the molecule is C=C(/C=c1/cc(-c2cnn(C)c2)cnc1=C)C(C)c1nnc2ccc(/C(C)=N/OCC)nn12. The average molecular weight is 443 g/mol. The van der Waals surface area contributed by atoms with Gasteiger partial charge in [0, 0.05) is 41.7 Å². The smallest absolute Gasteiger partial charge is 0.177 e. The number of allylic oxidation sites excluding steroid dienone is 1. The van der Waals surface area contributed by atoms with Gasteiger partial charge in [0.1, 0.15) is 18.0 Å². The first-order valence-electron chi connectivity index (χ1n) is 10.6. The van der Waals surface area contributed by atoms with E-state index in [4.69, 9.17) is 4.84 Å². The third kappa shape index (κ3) is 4.57. The first kappa shape index (κ1) is 22.1. The molecule has 9 heteroatoms. The molecule has 0 spiro atoms. The van der Waals surface area contributed by atoms with Gasteiger partial charge in [0.25, 0.3) is 0 Å². The van der Waals surface area contributed by atoms with Crippen LogP contribution in [-0.4, -0.2) is 46.9 Å². The van der Waals surface area contributed by atoms with Crippen molar-refractivity contribution in [2.75, 3.05) is 6.61 Å². The zero-order valence-electron chi connectivity index (χ0n) is 19.2. The van der Waals surface area contributed by atoms with Gasteiger partial charge in [-0.05, 0) is 43.7 Å². The second-order valence-corrected chi connectivity index (χ2v) is 7.74. The summed E-state index contributed by atoms with van der Waals surface area (Å²) < 4.78 is 3.48. The third-order valence-electron chi connectivity index (χ3n) is 5.31. The molecule has 0 fully saturated rings. The van der Waals surface area contributed by atoms with E-state index >= 15 is 0 Å². The van der Waals surface area contributed by atoms with Crippen LogP contribution < -0.4 is 10.6 Å². The Kier molecular flexibility index (Phi) is 6.12. The maximum Gasteiger partial charge on any atom is 0.177 e. The van der Waals surface area contributed by atoms with Crippen molar-refractivity contribution in [1.29, 1.82) is 0 Å². The van der Waals surface area contributed by atoms with Crippen LogP contribution in [0.1, 0.15) is 38.2 Å². The van der Waals surface area contributed by atoms with E-state index < -0.39 is 0 Å². The molecule has 0 bridgehead atoms. The van der Waals surface area contributed by atoms with Crippen LogP contribution in [0.25, 0.3) is 29.4 Å². The van der Waals surface area contributed by atoms with Crippen LogP contribution in [0.3, 0.4) is 0 Å². The maximum absolute atomic E-state index is 5.15. The fourth-order valence-corrected chi connectivity index (χ4v) is 3.33. The molecule has 0 saturated heterocycles. The molecule has 0 aliphatic heterocycles. The molecule has 0 aliphatic carbocycles. The van der Waals surface area contributed by atoms with E-state index in [1.165, 1.54) is 0 Å². The van der Waals surface area contributed by atoms with Gasteiger partial charge < -0.3 is 4.84 Å². The lowest BCUT2D eigenvalue weighted by Gasteiger charge is -2.10. The topological polar surface area (TPSA) is 95.4 Å². The number of pyridine rings is 1. The highest BCUT2D eigenvalue weighted by Crippen LogP contribution is 2.22. The summed E-state index contributed by atoms with van der Waals surface area (Å²) >= 11 is 0. The summed E-state index contributed by atoms with van der Waals surface area (Å²) in [5.41, 5.74) is 4.80. The van der Waals surface area contributed by atoms with Crippen LogP contribution in [-0.2, 0) is 11.9 Å². The lowest BCUT2D eigenvalue weighted by molar-refractivity contribution is 0.159. The average Bonchev–Trinajstić information content (AvgIpc) is 3.44. The molecule has 0 N–H and O–H groups in total. The first-order valence-corrected chi connectivity index (χ1v) is 10.6. The minimum atomic E-state index is -0.145. The van der Waals surface area contributed by atoms with Crippen LogP contribution in [0.5, 0.6) is 0 Å². The van der Waals surface area contributed by atoms with Crippen molar-refractivity contribution in [1.82, 2.24) is 34.6 Å². The number of fused-ring (bicyclic) bond motifs is 1. The molecule has 1 unspecified atom stereocenters. The molecule has 4 heterocycles. The van der Waals surface area contributed by atoms with E-state index in [2.05, 4.69) is 43.7 Å². The fourth-order valence-electron chi connectivity index (χ4n) is 3.33. The molecule has 0 radical (unpaired) electrons. The van der Waals surface area contributed by atoms with Crippen molar-refractivity contribution in [3.05, 3.63) is 71.0 Å². The zero-order valence-corrected chi connectivity index (χ0v) is 19.2. The first-order chi connectivity index (χ1) is 15.9. The van der Waals surface area contributed by atoms with Gasteiger partial charge in [-0.1, -0.05) is 25.2 Å². The van der Waals surface area contributed by atoms with Gasteiger partial charge >= 0.3 is 0 Å². The second-order valence-electron chi connectivity index (χ2n) is 7.74. The van der Waals surface area contributed by atoms with E-state index in [9.17, 15) is 0 Å². The molecule has 33 heavy (non-hydrogen) atoms. The van der Waals surface area contributed by atoms with Crippen LogP contribution in [0, 0.1) is 0 Å². The van der Waals surface area contributed by atoms with E-state index in [1.54, 1.807) is 15.4 Å². The molecule has 0 aliphatic rings. The van der Waals surface area contributed by atoms with Gasteiger partial charge in [0.2, 0.25) is 0 Å². The van der Waals surface area contributed by atoms with Crippen LogP contribution in [0.4, 0.5) is 0 Å². The molecular weight excluding hydrogens is 416 g/mol. The number of oxime groups is 1. The van der Waals surface area contributed by atoms with Crippen molar-refractivity contribution in [2.24, 2.45) is 12.2 Å². The Morgan fingerprint density at radius 2 is 2.06 bits per heavy atom. The van der Waals surface area contributed by atoms with Gasteiger partial charge in [-0.15, -0.1) is 10.2 Å². The highest BCUT2D eigenvalue weighted by Gasteiger charge is 2.17. The highest BCUT2D eigenvalue weighted by molar-refractivity contribution is 5.96. The Morgan fingerprint density at radius 3 is 2.79 bits per heavy atom. The van der Waals surface area contributed by atoms with E-state index in [-0.39, 0.29) is 5.92 Å². The van der Waals surface area contributed by atoms with E-state index in [0.717, 1.165) is 21.9 Å². The minimum Gasteiger partial charge on any atom is -0.396 e. The minimum absolute atomic E-state index is 0.145. The summed E-state index contributed by atoms with van der Waals surface area (Å²) in [7, 11) is 1.88. The number of aryl methyl sites for hydroxylation is 1. The lowest BCUT2D eigenvalue weighted by Crippen LogP contribution is -2.27. The summed E-state index contributed by atoms with van der Waals surface area (Å²) in [4.78, 5) is 9.61. The lowest BCUT2D eigenvalue weighted by atomic mass is 10.0. The van der Waals surface area contributed by atoms with E-state index in [0.29, 0.717) is 34.8 Å². The molecule has 0 saturated carbocycles. The Balaban J connectivity index is 1.69. The van der Waals surface area contributed by atoms with Crippen molar-refractivity contribution in [3.63, 3.8) is 0 Å². The maximum atomic E-state index is 5.15. The van der Waals surface area contributed by atoms with Crippen molar-refractivity contribution < 1.29 is 4.84 Å². The molecule has 4 rings (SSSR count). The number of aromatic nitrogens is 7. The number of nitrogens with zero attached hydrogens (tertiary/aromatic N) is 8. The summed E-state index contributed by atoms with van der Waals surface area (Å²) in [6, 6.07) is 5.75. The zero-order chi connectivity index (χ0) is 23.5. The molecule has 4 aromatic heterocycles. The Labute approximate surface area is 191 Å². The van der Waals surface area contributed by atoms with Crippen LogP contribution in [0.15, 0.2) is 54.1 Å². The van der Waals surface area contributed by atoms with Crippen molar-refractivity contribution in [2.45, 2.75) is 26.7 Å². The summed E-state index contributed by atoms with van der Waals surface area (Å²) in [6.07, 6.45) is 7.53. The second kappa shape index (κ2) is 9.15. The van der Waals surface area contributed by atoms with Crippen molar-refractivity contribution >= 4 is 24.0 Å². The van der Waals surface area contributed by atoms with Gasteiger partial charge in [-0.3, -0.25) is 9.67 Å². The summed E-state index contributed by atoms with van der Waals surface area (Å²) in [5.74, 6) is 0.535. The predicted molar refractivity (Wildman–Crippen MR) is 128 cm³/mol. The quantitative estimate of drug-likeness (QED) is 0.322. The standard InChI is InChI=1S/C24H26N8O/c1-7-33-30-18(5)22-8-9-23-27-28-24(32(23)29-22)16(3)15(2)10-19-11-20(12-25-17(19)4)21-13-26-31(6)14-21/h8-14,16H,2,4,7H2,1,3,5-6H3/b19-10-,30-18+. The van der Waals surface area contributed by atoms with Gasteiger partial charge in [0.05, 0.1) is 11.5 Å². The summed E-state index contributed by atoms with van der Waals surface area (Å²) in [5, 5.41) is 23.2. The largest absolute Gasteiger partial charge is 0.396 e. The number of hydrogen-bond donors (Lipinski definition) is 0. The normalized spacial score (nSPS) is 13.5. The van der Waals surface area contributed by atoms with Crippen molar-refractivity contribution in [3.8, 4) is 11.1 Å². The molecule has 9 nitrogen and oxygen atoms in total. The molecule has 0 aromatic carbocycles. The number of hydrogen-bond acceptors (Lipinski definition) is 7. The highest BCUT2D eigenvalue weighted by atomic mass is 16.6. The molecule has 4 aromatic rings. The fraction of sp³-hybridized carbons (Fsp3) is 0.250. The molecule has 0 amide bonds. The van der Waals surface area contributed by atoms with E-state index in [1.807, 2.05) is 64.5 Å². The van der Waals surface area contributed by atoms with Gasteiger partial charge in [-0.25, -0.2) is 0 Å². The van der Waals surface area contributed by atoms with Crippen LogP contribution >= 0.6 is 0 Å². The number of rotatable bonds is 7.